The van der Waals surface area contributed by atoms with Crippen LogP contribution in [0, 0.1) is 0 Å². The van der Waals surface area contributed by atoms with E-state index in [2.05, 4.69) is 0 Å². The zero-order valence-corrected chi connectivity index (χ0v) is 13.2. The van der Waals surface area contributed by atoms with E-state index in [4.69, 9.17) is 5.73 Å². The Morgan fingerprint density at radius 1 is 0.773 bits per heavy atom. The van der Waals surface area contributed by atoms with Crippen LogP contribution < -0.4 is 5.73 Å². The number of carbonyl (C=O) groups excluding carboxylic acids is 2. The van der Waals surface area contributed by atoms with Gasteiger partial charge >= 0.3 is 0 Å². The zero-order chi connectivity index (χ0) is 15.8. The smallest absolute Gasteiger partial charge is 0.254 e. The van der Waals surface area contributed by atoms with E-state index in [1.807, 2.05) is 4.90 Å². The van der Waals surface area contributed by atoms with Gasteiger partial charge in [-0.15, -0.1) is 0 Å². The van der Waals surface area contributed by atoms with Crippen molar-refractivity contribution in [3.05, 3.63) is 35.4 Å². The molecule has 2 amide bonds. The minimum Gasteiger partial charge on any atom is -0.366 e. The Kier molecular flexibility index (Phi) is 6.44. The molecule has 0 spiro atoms. The summed E-state index contributed by atoms with van der Waals surface area (Å²) in [5.74, 6) is -0.601. The van der Waals surface area contributed by atoms with Gasteiger partial charge in [0.2, 0.25) is 5.91 Å². The number of nitrogens with two attached hydrogens (primary N) is 1. The van der Waals surface area contributed by atoms with Crippen molar-refractivity contribution in [2.45, 2.75) is 51.4 Å². The average molecular weight is 302 g/mol. The van der Waals surface area contributed by atoms with Crippen molar-refractivity contribution < 1.29 is 9.59 Å². The summed E-state index contributed by atoms with van der Waals surface area (Å²) in [6, 6.07) is 6.85. The highest BCUT2D eigenvalue weighted by Gasteiger charge is 2.20. The van der Waals surface area contributed by atoms with E-state index >= 15 is 0 Å². The lowest BCUT2D eigenvalue weighted by Gasteiger charge is -2.23. The monoisotopic (exact) mass is 302 g/mol. The van der Waals surface area contributed by atoms with Crippen LogP contribution in [0.3, 0.4) is 0 Å². The van der Waals surface area contributed by atoms with Crippen LogP contribution in [0.1, 0.15) is 72.1 Å². The van der Waals surface area contributed by atoms with Crippen LogP contribution in [0.4, 0.5) is 0 Å². The van der Waals surface area contributed by atoms with Crippen molar-refractivity contribution in [2.75, 3.05) is 13.1 Å². The van der Waals surface area contributed by atoms with E-state index in [1.54, 1.807) is 24.3 Å². The Bertz CT molecular complexity index is 502. The largest absolute Gasteiger partial charge is 0.366 e. The molecule has 0 aliphatic carbocycles. The van der Waals surface area contributed by atoms with Crippen molar-refractivity contribution in [1.29, 1.82) is 0 Å². The Morgan fingerprint density at radius 2 is 1.23 bits per heavy atom. The molecule has 1 aliphatic rings. The molecule has 1 heterocycles. The molecule has 4 nitrogen and oxygen atoms in total. The van der Waals surface area contributed by atoms with Gasteiger partial charge in [-0.05, 0) is 25.0 Å². The molecule has 0 atom stereocenters. The Balaban J connectivity index is 2.12. The predicted octanol–water partition coefficient (Wildman–Crippen LogP) is 3.36. The molecule has 2 rings (SSSR count). The lowest BCUT2D eigenvalue weighted by atomic mass is 10.1. The highest BCUT2D eigenvalue weighted by molar-refractivity contribution is 6.06. The molecule has 2 N–H and O–H groups in total. The maximum atomic E-state index is 12.8. The van der Waals surface area contributed by atoms with E-state index in [1.165, 1.54) is 38.5 Å². The molecule has 1 aromatic carbocycles. The quantitative estimate of drug-likeness (QED) is 0.910. The molecule has 0 saturated carbocycles. The van der Waals surface area contributed by atoms with Crippen LogP contribution in [0.2, 0.25) is 0 Å². The van der Waals surface area contributed by atoms with E-state index in [0.717, 1.165) is 25.9 Å². The molecule has 0 bridgehead atoms. The van der Waals surface area contributed by atoms with Gasteiger partial charge in [-0.1, -0.05) is 50.7 Å². The molecule has 120 valence electrons. The summed E-state index contributed by atoms with van der Waals surface area (Å²) in [5, 5.41) is 0. The Morgan fingerprint density at radius 3 is 1.73 bits per heavy atom. The lowest BCUT2D eigenvalue weighted by Crippen LogP contribution is -2.34. The fourth-order valence-corrected chi connectivity index (χ4v) is 3.04. The first-order valence-corrected chi connectivity index (χ1v) is 8.38. The molecular formula is C18H26N2O2. The molecule has 4 heteroatoms. The summed E-state index contributed by atoms with van der Waals surface area (Å²) < 4.78 is 0. The first-order chi connectivity index (χ1) is 10.7. The van der Waals surface area contributed by atoms with E-state index in [-0.39, 0.29) is 5.91 Å². The third-order valence-corrected chi connectivity index (χ3v) is 4.32. The number of hydrogen-bond donors (Lipinski definition) is 1. The van der Waals surface area contributed by atoms with Crippen LogP contribution in [-0.2, 0) is 0 Å². The highest BCUT2D eigenvalue weighted by atomic mass is 16.2. The molecule has 1 fully saturated rings. The zero-order valence-electron chi connectivity index (χ0n) is 13.2. The van der Waals surface area contributed by atoms with Crippen molar-refractivity contribution in [2.24, 2.45) is 5.73 Å². The first-order valence-electron chi connectivity index (χ1n) is 8.38. The number of rotatable bonds is 2. The minimum atomic E-state index is -0.540. The van der Waals surface area contributed by atoms with E-state index in [0.29, 0.717) is 11.1 Å². The summed E-state index contributed by atoms with van der Waals surface area (Å²) in [5.41, 5.74) is 6.15. The number of carbonyl (C=O) groups is 2. The van der Waals surface area contributed by atoms with Crippen LogP contribution in [0.25, 0.3) is 0 Å². The van der Waals surface area contributed by atoms with Crippen molar-refractivity contribution in [3.8, 4) is 0 Å². The second kappa shape index (κ2) is 8.57. The van der Waals surface area contributed by atoms with E-state index < -0.39 is 5.91 Å². The molecule has 0 unspecified atom stereocenters. The van der Waals surface area contributed by atoms with Crippen molar-refractivity contribution >= 4 is 11.8 Å². The van der Waals surface area contributed by atoms with Gasteiger partial charge in [-0.25, -0.2) is 0 Å². The SMILES string of the molecule is NC(=O)c1ccccc1C(=O)N1CCCCCCCCCC1. The highest BCUT2D eigenvalue weighted by Crippen LogP contribution is 2.16. The third-order valence-electron chi connectivity index (χ3n) is 4.32. The number of nitrogens with zero attached hydrogens (tertiary/aromatic N) is 1. The van der Waals surface area contributed by atoms with Gasteiger partial charge in [0, 0.05) is 13.1 Å². The molecule has 0 radical (unpaired) electrons. The van der Waals surface area contributed by atoms with Gasteiger partial charge in [0.25, 0.3) is 5.91 Å². The standard InChI is InChI=1S/C18H26N2O2/c19-17(21)15-11-7-8-12-16(15)18(22)20-13-9-5-3-1-2-4-6-10-14-20/h7-8,11-12H,1-6,9-10,13-14H2,(H2,19,21). The fourth-order valence-electron chi connectivity index (χ4n) is 3.04. The number of amides is 2. The van der Waals surface area contributed by atoms with Crippen LogP contribution in [-0.4, -0.2) is 29.8 Å². The van der Waals surface area contributed by atoms with Gasteiger partial charge in [-0.3, -0.25) is 9.59 Å². The van der Waals surface area contributed by atoms with Gasteiger partial charge in [0.15, 0.2) is 0 Å². The molecule has 1 saturated heterocycles. The molecule has 22 heavy (non-hydrogen) atoms. The maximum Gasteiger partial charge on any atom is 0.254 e. The second-order valence-corrected chi connectivity index (χ2v) is 6.03. The molecular weight excluding hydrogens is 276 g/mol. The Labute approximate surface area is 132 Å². The van der Waals surface area contributed by atoms with Crippen LogP contribution >= 0.6 is 0 Å². The van der Waals surface area contributed by atoms with Gasteiger partial charge in [0.05, 0.1) is 11.1 Å². The third kappa shape index (κ3) is 4.58. The summed E-state index contributed by atoms with van der Waals surface area (Å²) >= 11 is 0. The number of primary amides is 1. The Hall–Kier alpha value is -1.84. The number of hydrogen-bond acceptors (Lipinski definition) is 2. The average Bonchev–Trinajstić information content (AvgIpc) is 2.59. The summed E-state index contributed by atoms with van der Waals surface area (Å²) in [6.45, 7) is 1.54. The topological polar surface area (TPSA) is 63.4 Å². The van der Waals surface area contributed by atoms with Crippen molar-refractivity contribution in [3.63, 3.8) is 0 Å². The summed E-state index contributed by atoms with van der Waals surface area (Å²) in [4.78, 5) is 26.2. The van der Waals surface area contributed by atoms with Gasteiger partial charge < -0.3 is 10.6 Å². The first kappa shape index (κ1) is 16.5. The lowest BCUT2D eigenvalue weighted by molar-refractivity contribution is 0.0745. The van der Waals surface area contributed by atoms with Crippen LogP contribution in [0.5, 0.6) is 0 Å². The molecule has 1 aromatic rings. The maximum absolute atomic E-state index is 12.8. The second-order valence-electron chi connectivity index (χ2n) is 6.03. The number of benzene rings is 1. The van der Waals surface area contributed by atoms with Gasteiger partial charge in [0.1, 0.15) is 0 Å². The van der Waals surface area contributed by atoms with E-state index in [9.17, 15) is 9.59 Å². The summed E-state index contributed by atoms with van der Waals surface area (Å²) in [7, 11) is 0. The fraction of sp³-hybridized carbons (Fsp3) is 0.556. The normalized spacial score (nSPS) is 17.5. The molecule has 1 aliphatic heterocycles. The van der Waals surface area contributed by atoms with Crippen LogP contribution in [0.15, 0.2) is 24.3 Å². The summed E-state index contributed by atoms with van der Waals surface area (Å²) in [6.07, 6.45) is 9.51. The minimum absolute atomic E-state index is 0.0614. The van der Waals surface area contributed by atoms with Gasteiger partial charge in [-0.2, -0.15) is 0 Å². The molecule has 0 aromatic heterocycles. The predicted molar refractivity (Wildman–Crippen MR) is 87.8 cm³/mol. The van der Waals surface area contributed by atoms with Crippen molar-refractivity contribution in [1.82, 2.24) is 4.90 Å².